The molecular formula is C31H45ClN4O11S. The molecule has 48 heavy (non-hydrogen) atoms. The zero-order valence-electron chi connectivity index (χ0n) is 27.2. The van der Waals surface area contributed by atoms with Crippen molar-refractivity contribution >= 4 is 51.7 Å². The lowest BCUT2D eigenvalue weighted by Crippen LogP contribution is -2.57. The van der Waals surface area contributed by atoms with Crippen LogP contribution in [0.1, 0.15) is 70.8 Å². The van der Waals surface area contributed by atoms with Gasteiger partial charge in [-0.1, -0.05) is 69.7 Å². The zero-order chi connectivity index (χ0) is 35.4. The van der Waals surface area contributed by atoms with E-state index in [0.717, 1.165) is 39.2 Å². The Labute approximate surface area is 285 Å². The van der Waals surface area contributed by atoms with Crippen LogP contribution in [0.3, 0.4) is 0 Å². The summed E-state index contributed by atoms with van der Waals surface area (Å²) in [6, 6.07) is 2.60. The van der Waals surface area contributed by atoms with E-state index in [1.807, 2.05) is 0 Å². The van der Waals surface area contributed by atoms with Gasteiger partial charge in [0.1, 0.15) is 18.7 Å². The number of hydrogen-bond acceptors (Lipinski definition) is 10. The standard InChI is InChI=1S/C31H45ClN4O11S/c1-18(2)25(28(39)45-3)36-31(41)47-29(48(42,43)44)24(16-21-12-13-33-26(21)37)34-27(38)23(15-19-8-5-4-6-9-19)35-30(40)46-17-20-10-7-11-22(32)14-20/h7,10-11,14,18-19,21,23-25,29H,4-6,8-9,12-13,15-17H2,1-3H3,(H,33,37)(H,34,38)(H,35,40)(H,36,41)(H,42,43,44)/t21-,23-,24-,25?,29?/m0/s1. The fourth-order valence-electron chi connectivity index (χ4n) is 5.89. The summed E-state index contributed by atoms with van der Waals surface area (Å²) in [5.41, 5.74) is -1.77. The van der Waals surface area contributed by atoms with Crippen LogP contribution in [0.2, 0.25) is 5.02 Å². The Morgan fingerprint density at radius 3 is 2.31 bits per heavy atom. The number of alkyl carbamates (subject to hydrolysis) is 2. The SMILES string of the molecule is COC(=O)C(NC(=O)OC([C@H](C[C@@H]1CCNC1=O)NC(=O)[C@H](CC1CCCCC1)NC(=O)OCc1cccc(Cl)c1)S(=O)(=O)O)C(C)C. The lowest BCUT2D eigenvalue weighted by atomic mass is 9.84. The molecule has 0 spiro atoms. The Morgan fingerprint density at radius 1 is 1.02 bits per heavy atom. The third kappa shape index (κ3) is 12.1. The first kappa shape index (κ1) is 38.8. The van der Waals surface area contributed by atoms with E-state index in [1.54, 1.807) is 38.1 Å². The van der Waals surface area contributed by atoms with Gasteiger partial charge in [0.05, 0.1) is 13.2 Å². The normalized spacial score (nSPS) is 19.3. The van der Waals surface area contributed by atoms with Gasteiger partial charge in [-0.05, 0) is 48.8 Å². The summed E-state index contributed by atoms with van der Waals surface area (Å²) < 4.78 is 50.7. The molecule has 1 heterocycles. The van der Waals surface area contributed by atoms with Crippen LogP contribution in [-0.4, -0.2) is 80.2 Å². The summed E-state index contributed by atoms with van der Waals surface area (Å²) in [7, 11) is -4.13. The average Bonchev–Trinajstić information content (AvgIpc) is 3.44. The molecule has 1 saturated carbocycles. The fourth-order valence-corrected chi connectivity index (χ4v) is 6.90. The van der Waals surface area contributed by atoms with Crippen molar-refractivity contribution in [3.63, 3.8) is 0 Å². The first-order valence-corrected chi connectivity index (χ1v) is 17.8. The molecule has 5 atom stereocenters. The van der Waals surface area contributed by atoms with Crippen LogP contribution >= 0.6 is 11.6 Å². The molecule has 2 fully saturated rings. The van der Waals surface area contributed by atoms with Gasteiger partial charge in [-0.2, -0.15) is 8.42 Å². The molecule has 0 radical (unpaired) electrons. The van der Waals surface area contributed by atoms with Crippen molar-refractivity contribution in [1.82, 2.24) is 21.3 Å². The number of halogens is 1. The number of carbonyl (C=O) groups excluding carboxylic acids is 5. The summed E-state index contributed by atoms with van der Waals surface area (Å²) in [5.74, 6) is -3.30. The molecule has 268 valence electrons. The molecular weight excluding hydrogens is 672 g/mol. The van der Waals surface area contributed by atoms with Crippen molar-refractivity contribution in [1.29, 1.82) is 0 Å². The van der Waals surface area contributed by atoms with Gasteiger partial charge in [0.25, 0.3) is 0 Å². The highest BCUT2D eigenvalue weighted by Crippen LogP contribution is 2.28. The van der Waals surface area contributed by atoms with Crippen molar-refractivity contribution in [2.24, 2.45) is 17.8 Å². The molecule has 5 N–H and O–H groups in total. The zero-order valence-corrected chi connectivity index (χ0v) is 28.8. The van der Waals surface area contributed by atoms with Crippen molar-refractivity contribution in [2.45, 2.75) is 95.4 Å². The number of benzene rings is 1. The lowest BCUT2D eigenvalue weighted by molar-refractivity contribution is -0.144. The second kappa shape index (κ2) is 18.2. The van der Waals surface area contributed by atoms with Gasteiger partial charge in [0, 0.05) is 17.5 Å². The topological polar surface area (TPSA) is 216 Å². The van der Waals surface area contributed by atoms with Gasteiger partial charge in [-0.3, -0.25) is 14.1 Å². The van der Waals surface area contributed by atoms with Crippen LogP contribution < -0.4 is 21.3 Å². The maximum absolute atomic E-state index is 13.9. The molecule has 1 aliphatic heterocycles. The average molecular weight is 717 g/mol. The fraction of sp³-hybridized carbons (Fsp3) is 0.645. The first-order chi connectivity index (χ1) is 22.7. The van der Waals surface area contributed by atoms with E-state index in [1.165, 1.54) is 0 Å². The molecule has 1 aromatic rings. The molecule has 3 rings (SSSR count). The highest BCUT2D eigenvalue weighted by Gasteiger charge is 2.42. The highest BCUT2D eigenvalue weighted by molar-refractivity contribution is 7.86. The van der Waals surface area contributed by atoms with E-state index in [4.69, 9.17) is 21.1 Å². The van der Waals surface area contributed by atoms with E-state index in [9.17, 15) is 36.9 Å². The van der Waals surface area contributed by atoms with E-state index in [0.29, 0.717) is 17.1 Å². The smallest absolute Gasteiger partial charge is 0.409 e. The second-order valence-corrected chi connectivity index (χ2v) is 14.4. The third-order valence-corrected chi connectivity index (χ3v) is 9.68. The van der Waals surface area contributed by atoms with Crippen LogP contribution in [0.25, 0.3) is 0 Å². The maximum atomic E-state index is 13.9. The van der Waals surface area contributed by atoms with Gasteiger partial charge in [-0.15, -0.1) is 0 Å². The molecule has 0 aromatic heterocycles. The van der Waals surface area contributed by atoms with Crippen LogP contribution in [0.5, 0.6) is 0 Å². The first-order valence-electron chi connectivity index (χ1n) is 15.9. The Kier molecular flexibility index (Phi) is 14.7. The summed E-state index contributed by atoms with van der Waals surface area (Å²) in [6.07, 6.45) is 2.37. The molecule has 17 heteroatoms. The maximum Gasteiger partial charge on any atom is 0.409 e. The van der Waals surface area contributed by atoms with Crippen molar-refractivity contribution in [2.75, 3.05) is 13.7 Å². The van der Waals surface area contributed by atoms with E-state index in [2.05, 4.69) is 26.0 Å². The molecule has 4 amide bonds. The second-order valence-electron chi connectivity index (χ2n) is 12.4. The molecule has 2 unspecified atom stereocenters. The minimum atomic E-state index is -5.23. The monoisotopic (exact) mass is 716 g/mol. The van der Waals surface area contributed by atoms with Gasteiger partial charge < -0.3 is 35.5 Å². The van der Waals surface area contributed by atoms with Crippen LogP contribution in [-0.2, 0) is 45.3 Å². The van der Waals surface area contributed by atoms with E-state index in [-0.39, 0.29) is 31.8 Å². The molecule has 15 nitrogen and oxygen atoms in total. The quantitative estimate of drug-likeness (QED) is 0.101. The predicted molar refractivity (Wildman–Crippen MR) is 173 cm³/mol. The Morgan fingerprint density at radius 2 is 1.73 bits per heavy atom. The molecule has 2 aliphatic rings. The minimum absolute atomic E-state index is 0.0625. The number of amides is 4. The van der Waals surface area contributed by atoms with Crippen molar-refractivity contribution < 1.29 is 51.2 Å². The predicted octanol–water partition coefficient (Wildman–Crippen LogP) is 3.05. The summed E-state index contributed by atoms with van der Waals surface area (Å²) in [6.45, 7) is 3.36. The Bertz CT molecular complexity index is 1400. The summed E-state index contributed by atoms with van der Waals surface area (Å²) in [5, 5.41) is 10.4. The van der Waals surface area contributed by atoms with Gasteiger partial charge in [0.2, 0.25) is 17.3 Å². The van der Waals surface area contributed by atoms with Crippen LogP contribution in [0, 0.1) is 17.8 Å². The van der Waals surface area contributed by atoms with Gasteiger partial charge in [0.15, 0.2) is 0 Å². The van der Waals surface area contributed by atoms with Crippen molar-refractivity contribution in [3.8, 4) is 0 Å². The number of esters is 1. The highest BCUT2D eigenvalue weighted by atomic mass is 35.5. The van der Waals surface area contributed by atoms with E-state index >= 15 is 0 Å². The number of nitrogens with one attached hydrogen (secondary N) is 4. The lowest BCUT2D eigenvalue weighted by Gasteiger charge is -2.31. The van der Waals surface area contributed by atoms with Crippen molar-refractivity contribution in [3.05, 3.63) is 34.9 Å². The van der Waals surface area contributed by atoms with Crippen LogP contribution in [0.4, 0.5) is 9.59 Å². The summed E-state index contributed by atoms with van der Waals surface area (Å²) in [4.78, 5) is 64.3. The number of carbonyl (C=O) groups is 5. The Balaban J connectivity index is 1.85. The molecule has 1 aliphatic carbocycles. The van der Waals surface area contributed by atoms with Gasteiger partial charge >= 0.3 is 28.3 Å². The number of rotatable bonds is 15. The number of methoxy groups -OCH3 is 1. The van der Waals surface area contributed by atoms with E-state index < -0.39 is 75.5 Å². The molecule has 1 aromatic carbocycles. The minimum Gasteiger partial charge on any atom is -0.467 e. The largest absolute Gasteiger partial charge is 0.467 e. The molecule has 0 bridgehead atoms. The van der Waals surface area contributed by atoms with Gasteiger partial charge in [-0.25, -0.2) is 14.4 Å². The Hall–Kier alpha value is -3.63. The third-order valence-electron chi connectivity index (χ3n) is 8.43. The number of ether oxygens (including phenoxy) is 3. The van der Waals surface area contributed by atoms with Crippen LogP contribution in [0.15, 0.2) is 24.3 Å². The molecule has 1 saturated heterocycles. The summed E-state index contributed by atoms with van der Waals surface area (Å²) >= 11 is 6.01. The number of hydrogen-bond donors (Lipinski definition) is 5.